The lowest BCUT2D eigenvalue weighted by atomic mass is 10.1. The molecule has 2 amide bonds. The van der Waals surface area contributed by atoms with E-state index >= 15 is 0 Å². The van der Waals surface area contributed by atoms with Gasteiger partial charge >= 0.3 is 0 Å². The maximum absolute atomic E-state index is 13.3. The molecule has 0 spiro atoms. The SMILES string of the molecule is COc1ccc(-c2ccc(N3CCCN(C(=O)CN(CC(C)C)C(=O)Cc4ccccc4)CC3)nn2)cc1. The van der Waals surface area contributed by atoms with Crippen LogP contribution in [0.2, 0.25) is 0 Å². The van der Waals surface area contributed by atoms with Crippen molar-refractivity contribution in [2.24, 2.45) is 5.92 Å². The molecule has 0 radical (unpaired) electrons. The average molecular weight is 516 g/mol. The summed E-state index contributed by atoms with van der Waals surface area (Å²) in [5.41, 5.74) is 2.74. The zero-order chi connectivity index (χ0) is 26.9. The van der Waals surface area contributed by atoms with Gasteiger partial charge in [0.05, 0.1) is 25.8 Å². The summed E-state index contributed by atoms with van der Waals surface area (Å²) in [6.45, 7) is 7.52. The fourth-order valence-electron chi connectivity index (χ4n) is 4.65. The lowest BCUT2D eigenvalue weighted by molar-refractivity contribution is -0.140. The van der Waals surface area contributed by atoms with Crippen molar-refractivity contribution in [3.8, 4) is 17.0 Å². The van der Waals surface area contributed by atoms with E-state index in [1.54, 1.807) is 12.0 Å². The molecule has 4 rings (SSSR count). The van der Waals surface area contributed by atoms with Crippen LogP contribution in [0.4, 0.5) is 5.82 Å². The second-order valence-electron chi connectivity index (χ2n) is 10.1. The quantitative estimate of drug-likeness (QED) is 0.430. The molecule has 2 aromatic carbocycles. The van der Waals surface area contributed by atoms with E-state index in [1.165, 1.54) is 0 Å². The highest BCUT2D eigenvalue weighted by molar-refractivity contribution is 5.86. The monoisotopic (exact) mass is 515 g/mol. The van der Waals surface area contributed by atoms with Crippen molar-refractivity contribution in [3.63, 3.8) is 0 Å². The third kappa shape index (κ3) is 7.31. The van der Waals surface area contributed by atoms with E-state index in [0.29, 0.717) is 32.6 Å². The third-order valence-corrected chi connectivity index (χ3v) is 6.67. The van der Waals surface area contributed by atoms with E-state index < -0.39 is 0 Å². The van der Waals surface area contributed by atoms with Gasteiger partial charge in [-0.3, -0.25) is 9.59 Å². The van der Waals surface area contributed by atoms with Crippen LogP contribution in [0.1, 0.15) is 25.8 Å². The van der Waals surface area contributed by atoms with Crippen LogP contribution in [-0.2, 0) is 16.0 Å². The summed E-state index contributed by atoms with van der Waals surface area (Å²) in [6.07, 6.45) is 1.13. The molecular formula is C30H37N5O3. The van der Waals surface area contributed by atoms with Crippen LogP contribution in [0.15, 0.2) is 66.7 Å². The molecule has 8 heteroatoms. The summed E-state index contributed by atoms with van der Waals surface area (Å²) >= 11 is 0. The highest BCUT2D eigenvalue weighted by Crippen LogP contribution is 2.22. The Morgan fingerprint density at radius 3 is 2.34 bits per heavy atom. The number of carbonyl (C=O) groups excluding carboxylic acids is 2. The van der Waals surface area contributed by atoms with E-state index in [-0.39, 0.29) is 24.3 Å². The van der Waals surface area contributed by atoms with Gasteiger partial charge in [0, 0.05) is 38.3 Å². The number of ether oxygens (including phenoxy) is 1. The summed E-state index contributed by atoms with van der Waals surface area (Å²) in [7, 11) is 1.65. The fourth-order valence-corrected chi connectivity index (χ4v) is 4.65. The number of methoxy groups -OCH3 is 1. The van der Waals surface area contributed by atoms with Crippen LogP contribution in [-0.4, -0.2) is 78.2 Å². The van der Waals surface area contributed by atoms with Crippen molar-refractivity contribution in [2.75, 3.05) is 51.3 Å². The Kier molecular flexibility index (Phi) is 9.30. The molecule has 1 aliphatic heterocycles. The fraction of sp³-hybridized carbons (Fsp3) is 0.400. The normalized spacial score (nSPS) is 13.8. The first kappa shape index (κ1) is 27.1. The van der Waals surface area contributed by atoms with Gasteiger partial charge in [0.2, 0.25) is 11.8 Å². The summed E-state index contributed by atoms with van der Waals surface area (Å²) < 4.78 is 5.22. The molecule has 1 aromatic heterocycles. The first-order valence-electron chi connectivity index (χ1n) is 13.3. The highest BCUT2D eigenvalue weighted by atomic mass is 16.5. The van der Waals surface area contributed by atoms with Crippen LogP contribution < -0.4 is 9.64 Å². The zero-order valence-electron chi connectivity index (χ0n) is 22.5. The predicted octanol–water partition coefficient (Wildman–Crippen LogP) is 3.92. The van der Waals surface area contributed by atoms with Crippen molar-refractivity contribution in [1.82, 2.24) is 20.0 Å². The Labute approximate surface area is 225 Å². The minimum absolute atomic E-state index is 0.00477. The first-order valence-corrected chi connectivity index (χ1v) is 13.3. The second-order valence-corrected chi connectivity index (χ2v) is 10.1. The molecular weight excluding hydrogens is 478 g/mol. The molecule has 38 heavy (non-hydrogen) atoms. The van der Waals surface area contributed by atoms with Crippen molar-refractivity contribution >= 4 is 17.6 Å². The van der Waals surface area contributed by atoms with Gasteiger partial charge < -0.3 is 19.4 Å². The molecule has 2 heterocycles. The molecule has 0 aliphatic carbocycles. The number of hydrogen-bond acceptors (Lipinski definition) is 6. The van der Waals surface area contributed by atoms with E-state index in [9.17, 15) is 9.59 Å². The van der Waals surface area contributed by atoms with Gasteiger partial charge in [-0.25, -0.2) is 0 Å². The van der Waals surface area contributed by atoms with Gasteiger partial charge in [0.25, 0.3) is 0 Å². The Hall–Kier alpha value is -3.94. The molecule has 200 valence electrons. The lowest BCUT2D eigenvalue weighted by Crippen LogP contribution is -2.45. The largest absolute Gasteiger partial charge is 0.497 e. The topological polar surface area (TPSA) is 78.9 Å². The van der Waals surface area contributed by atoms with Gasteiger partial charge in [0.15, 0.2) is 5.82 Å². The van der Waals surface area contributed by atoms with Gasteiger partial charge in [-0.1, -0.05) is 44.2 Å². The molecule has 8 nitrogen and oxygen atoms in total. The van der Waals surface area contributed by atoms with Gasteiger partial charge in [0.1, 0.15) is 5.75 Å². The molecule has 3 aromatic rings. The Bertz CT molecular complexity index is 1180. The van der Waals surface area contributed by atoms with Crippen molar-refractivity contribution in [2.45, 2.75) is 26.7 Å². The van der Waals surface area contributed by atoms with E-state index in [2.05, 4.69) is 28.9 Å². The third-order valence-electron chi connectivity index (χ3n) is 6.67. The minimum Gasteiger partial charge on any atom is -0.497 e. The number of aromatic nitrogens is 2. The zero-order valence-corrected chi connectivity index (χ0v) is 22.5. The maximum Gasteiger partial charge on any atom is 0.242 e. The minimum atomic E-state index is -0.0121. The Balaban J connectivity index is 1.35. The number of nitrogens with zero attached hydrogens (tertiary/aromatic N) is 5. The number of benzene rings is 2. The van der Waals surface area contributed by atoms with E-state index in [0.717, 1.165) is 41.4 Å². The van der Waals surface area contributed by atoms with E-state index in [4.69, 9.17) is 4.74 Å². The standard InChI is InChI=1S/C30H37N5O3/c1-23(2)21-35(29(36)20-24-8-5-4-6-9-24)22-30(37)34-17-7-16-33(18-19-34)28-15-14-27(31-32-28)25-10-12-26(38-3)13-11-25/h4-6,8-15,23H,7,16-22H2,1-3H3. The summed E-state index contributed by atoms with van der Waals surface area (Å²) in [6, 6.07) is 21.4. The lowest BCUT2D eigenvalue weighted by Gasteiger charge is -2.28. The van der Waals surface area contributed by atoms with Gasteiger partial charge in [-0.2, -0.15) is 0 Å². The predicted molar refractivity (Wildman–Crippen MR) is 149 cm³/mol. The van der Waals surface area contributed by atoms with E-state index in [1.807, 2.05) is 71.6 Å². The second kappa shape index (κ2) is 13.0. The molecule has 0 saturated carbocycles. The van der Waals surface area contributed by atoms with Gasteiger partial charge in [-0.15, -0.1) is 10.2 Å². The van der Waals surface area contributed by atoms with Crippen molar-refractivity contribution < 1.29 is 14.3 Å². The molecule has 1 saturated heterocycles. The average Bonchev–Trinajstić information content (AvgIpc) is 3.20. The summed E-state index contributed by atoms with van der Waals surface area (Å²) in [5, 5.41) is 8.89. The first-order chi connectivity index (χ1) is 18.4. The molecule has 0 atom stereocenters. The number of carbonyl (C=O) groups is 2. The van der Waals surface area contributed by atoms with Crippen molar-refractivity contribution in [1.29, 1.82) is 0 Å². The van der Waals surface area contributed by atoms with Crippen LogP contribution in [0.3, 0.4) is 0 Å². The smallest absolute Gasteiger partial charge is 0.242 e. The molecule has 0 N–H and O–H groups in total. The highest BCUT2D eigenvalue weighted by Gasteiger charge is 2.24. The maximum atomic E-state index is 13.3. The Morgan fingerprint density at radius 2 is 1.68 bits per heavy atom. The summed E-state index contributed by atoms with van der Waals surface area (Å²) in [4.78, 5) is 32.1. The van der Waals surface area contributed by atoms with Crippen molar-refractivity contribution in [3.05, 3.63) is 72.3 Å². The van der Waals surface area contributed by atoms with Gasteiger partial charge in [-0.05, 0) is 54.3 Å². The molecule has 1 fully saturated rings. The molecule has 1 aliphatic rings. The number of hydrogen-bond donors (Lipinski definition) is 0. The Morgan fingerprint density at radius 1 is 0.921 bits per heavy atom. The van der Waals surface area contributed by atoms with Crippen LogP contribution in [0.5, 0.6) is 5.75 Å². The van der Waals surface area contributed by atoms with Crippen LogP contribution in [0.25, 0.3) is 11.3 Å². The summed E-state index contributed by atoms with van der Waals surface area (Å²) in [5.74, 6) is 1.87. The number of amides is 2. The van der Waals surface area contributed by atoms with Crippen LogP contribution >= 0.6 is 0 Å². The van der Waals surface area contributed by atoms with Crippen LogP contribution in [0, 0.1) is 5.92 Å². The number of rotatable bonds is 9. The number of anilines is 1. The molecule has 0 bridgehead atoms. The molecule has 0 unspecified atom stereocenters.